The first kappa shape index (κ1) is 12.4. The second-order valence-electron chi connectivity index (χ2n) is 2.98. The van der Waals surface area contributed by atoms with Crippen LogP contribution in [0.4, 0.5) is 0 Å². The molecule has 0 saturated carbocycles. The van der Waals surface area contributed by atoms with E-state index in [4.69, 9.17) is 5.73 Å². The molecule has 0 radical (unpaired) electrons. The zero-order valence-corrected chi connectivity index (χ0v) is 9.38. The van der Waals surface area contributed by atoms with Crippen LogP contribution in [0.15, 0.2) is 42.7 Å². The quantitative estimate of drug-likeness (QED) is 0.821. The van der Waals surface area contributed by atoms with Crippen LogP contribution in [0.1, 0.15) is 10.4 Å². The summed E-state index contributed by atoms with van der Waals surface area (Å²) in [5, 5.41) is 0. The molecule has 2 rings (SSSR count). The number of hydrogen-bond acceptors (Lipinski definition) is 3. The Morgan fingerprint density at radius 3 is 2.44 bits per heavy atom. The Bertz CT molecular complexity index is 488. The van der Waals surface area contributed by atoms with E-state index in [0.29, 0.717) is 17.0 Å². The van der Waals surface area contributed by atoms with Crippen molar-refractivity contribution in [1.29, 1.82) is 0 Å². The summed E-state index contributed by atoms with van der Waals surface area (Å²) >= 11 is 0. The number of nitrogens with zero attached hydrogens (tertiary/aromatic N) is 2. The van der Waals surface area contributed by atoms with E-state index in [2.05, 4.69) is 9.97 Å². The molecule has 0 fully saturated rings. The average molecular weight is 255 g/mol. The van der Waals surface area contributed by atoms with Gasteiger partial charge in [-0.25, -0.2) is 0 Å². The maximum absolute atomic E-state index is 11.1. The summed E-state index contributed by atoms with van der Waals surface area (Å²) in [6, 6.07) is 8.73. The summed E-state index contributed by atoms with van der Waals surface area (Å²) in [6.45, 7) is 0. The number of amides is 1. The van der Waals surface area contributed by atoms with Crippen molar-refractivity contribution in [2.24, 2.45) is 5.73 Å². The molecule has 0 atom stereocenters. The van der Waals surface area contributed by atoms with E-state index in [1.165, 1.54) is 0 Å². The van der Waals surface area contributed by atoms with Crippen LogP contribution < -0.4 is 5.73 Å². The number of hydrogen-bond donors (Lipinski definition) is 1. The molecule has 5 heteroatoms. The van der Waals surface area contributed by atoms with E-state index < -0.39 is 5.91 Å². The van der Waals surface area contributed by atoms with Gasteiger partial charge in [-0.2, -0.15) is 0 Å². The summed E-state index contributed by atoms with van der Waals surface area (Å²) in [4.78, 5) is 19.4. The molecule has 4 nitrogen and oxygen atoms in total. The van der Waals surface area contributed by atoms with Crippen molar-refractivity contribution in [3.05, 3.63) is 48.3 Å². The van der Waals surface area contributed by atoms with Crippen LogP contribution in [0.25, 0.3) is 11.4 Å². The maximum Gasteiger partial charge on any atom is 0.250 e. The topological polar surface area (TPSA) is 68.9 Å². The number of nitrogens with two attached hydrogens (primary N) is 1. The molecule has 82 valence electrons. The van der Waals surface area contributed by atoms with E-state index >= 15 is 0 Å². The van der Waals surface area contributed by atoms with E-state index in [1.54, 1.807) is 36.7 Å². The Kier molecular flexibility index (Phi) is 4.17. The first-order valence-corrected chi connectivity index (χ1v) is 4.45. The third-order valence-corrected chi connectivity index (χ3v) is 1.98. The van der Waals surface area contributed by atoms with Gasteiger partial charge in [0.05, 0.1) is 11.3 Å². The van der Waals surface area contributed by atoms with Crippen LogP contribution in [-0.2, 0) is 17.1 Å². The minimum Gasteiger partial charge on any atom is -0.366 e. The Balaban J connectivity index is 0.00000128. The van der Waals surface area contributed by atoms with Gasteiger partial charge in [-0.15, -0.1) is 0 Å². The Labute approximate surface area is 103 Å². The Hall–Kier alpha value is -1.71. The third-order valence-electron chi connectivity index (χ3n) is 1.98. The molecule has 0 spiro atoms. The van der Waals surface area contributed by atoms with Crippen LogP contribution in [0, 0.1) is 0 Å². The SMILES string of the molecule is NC(=O)c1cccnc1-c1ccccn1.[Fe]. The van der Waals surface area contributed by atoms with Crippen molar-refractivity contribution in [2.75, 3.05) is 0 Å². The number of pyridine rings is 2. The van der Waals surface area contributed by atoms with Crippen LogP contribution in [0.3, 0.4) is 0 Å². The molecule has 2 aromatic rings. The van der Waals surface area contributed by atoms with Crippen molar-refractivity contribution in [3.63, 3.8) is 0 Å². The summed E-state index contributed by atoms with van der Waals surface area (Å²) in [5.74, 6) is -0.497. The first-order valence-electron chi connectivity index (χ1n) is 4.45. The molecule has 0 bridgehead atoms. The van der Waals surface area contributed by atoms with Gasteiger partial charge < -0.3 is 5.73 Å². The predicted molar refractivity (Wildman–Crippen MR) is 56.0 cm³/mol. The van der Waals surface area contributed by atoms with Gasteiger partial charge >= 0.3 is 0 Å². The minimum atomic E-state index is -0.497. The Morgan fingerprint density at radius 1 is 1.06 bits per heavy atom. The molecule has 16 heavy (non-hydrogen) atoms. The van der Waals surface area contributed by atoms with E-state index in [1.807, 2.05) is 6.07 Å². The van der Waals surface area contributed by atoms with Crippen molar-refractivity contribution in [2.45, 2.75) is 0 Å². The second-order valence-corrected chi connectivity index (χ2v) is 2.98. The normalized spacial score (nSPS) is 9.25. The summed E-state index contributed by atoms with van der Waals surface area (Å²) in [5.41, 5.74) is 6.79. The Morgan fingerprint density at radius 2 is 1.81 bits per heavy atom. The van der Waals surface area contributed by atoms with E-state index in [0.717, 1.165) is 0 Å². The van der Waals surface area contributed by atoms with Crippen LogP contribution >= 0.6 is 0 Å². The molecule has 0 unspecified atom stereocenters. The van der Waals surface area contributed by atoms with Gasteiger partial charge in [0.1, 0.15) is 5.69 Å². The van der Waals surface area contributed by atoms with Crippen molar-refractivity contribution < 1.29 is 21.9 Å². The zero-order chi connectivity index (χ0) is 10.7. The average Bonchev–Trinajstić information content (AvgIpc) is 2.30. The molecule has 0 aromatic carbocycles. The molecule has 0 aliphatic heterocycles. The predicted octanol–water partition coefficient (Wildman–Crippen LogP) is 1.24. The first-order chi connectivity index (χ1) is 7.29. The largest absolute Gasteiger partial charge is 0.366 e. The van der Waals surface area contributed by atoms with Gasteiger partial charge in [-0.3, -0.25) is 14.8 Å². The monoisotopic (exact) mass is 255 g/mol. The summed E-state index contributed by atoms with van der Waals surface area (Å²) < 4.78 is 0. The molecule has 2 aromatic heterocycles. The molecule has 0 aliphatic rings. The maximum atomic E-state index is 11.1. The fourth-order valence-electron chi connectivity index (χ4n) is 1.31. The molecule has 2 N–H and O–H groups in total. The fourth-order valence-corrected chi connectivity index (χ4v) is 1.31. The van der Waals surface area contributed by atoms with Gasteiger partial charge in [0.15, 0.2) is 0 Å². The van der Waals surface area contributed by atoms with Crippen molar-refractivity contribution in [1.82, 2.24) is 9.97 Å². The van der Waals surface area contributed by atoms with Gasteiger partial charge in [-0.1, -0.05) is 6.07 Å². The van der Waals surface area contributed by atoms with Gasteiger partial charge in [0.25, 0.3) is 5.91 Å². The van der Waals surface area contributed by atoms with Crippen LogP contribution in [0.5, 0.6) is 0 Å². The summed E-state index contributed by atoms with van der Waals surface area (Å²) in [7, 11) is 0. The number of primary amides is 1. The molecular formula is C11H9FeN3O. The fraction of sp³-hybridized carbons (Fsp3) is 0. The number of carbonyl (C=O) groups is 1. The van der Waals surface area contributed by atoms with Crippen LogP contribution in [-0.4, -0.2) is 15.9 Å². The number of rotatable bonds is 2. The number of aromatic nitrogens is 2. The van der Waals surface area contributed by atoms with Crippen molar-refractivity contribution >= 4 is 5.91 Å². The second kappa shape index (κ2) is 5.39. The molecule has 1 amide bonds. The van der Waals surface area contributed by atoms with Crippen LogP contribution in [0.2, 0.25) is 0 Å². The summed E-state index contributed by atoms with van der Waals surface area (Å²) in [6.07, 6.45) is 3.26. The molecular weight excluding hydrogens is 246 g/mol. The molecule has 0 saturated heterocycles. The molecule has 0 aliphatic carbocycles. The van der Waals surface area contributed by atoms with Gasteiger partial charge in [0.2, 0.25) is 0 Å². The van der Waals surface area contributed by atoms with E-state index in [-0.39, 0.29) is 17.1 Å². The van der Waals surface area contributed by atoms with Gasteiger partial charge in [-0.05, 0) is 24.3 Å². The minimum absolute atomic E-state index is 0. The zero-order valence-electron chi connectivity index (χ0n) is 8.28. The third kappa shape index (κ3) is 2.45. The molecule has 2 heterocycles. The number of carbonyl (C=O) groups excluding carboxylic acids is 1. The van der Waals surface area contributed by atoms with Gasteiger partial charge in [0, 0.05) is 29.5 Å². The standard InChI is InChI=1S/C11H9N3O.Fe/c12-11(15)8-4-3-7-14-10(8)9-5-1-2-6-13-9;/h1-7H,(H2,12,15);. The van der Waals surface area contributed by atoms with E-state index in [9.17, 15) is 4.79 Å². The smallest absolute Gasteiger partial charge is 0.250 e. The van der Waals surface area contributed by atoms with Crippen molar-refractivity contribution in [3.8, 4) is 11.4 Å².